The molecule has 0 saturated carbocycles. The second-order valence-corrected chi connectivity index (χ2v) is 21.2. The van der Waals surface area contributed by atoms with Crippen molar-refractivity contribution >= 4 is 36.9 Å². The van der Waals surface area contributed by atoms with Gasteiger partial charge in [-0.1, -0.05) is 25.2 Å². The molecule has 2 aromatic carbocycles. The van der Waals surface area contributed by atoms with Crippen molar-refractivity contribution in [3.63, 3.8) is 0 Å². The van der Waals surface area contributed by atoms with Gasteiger partial charge in [-0.3, -0.25) is 9.69 Å². The van der Waals surface area contributed by atoms with Crippen LogP contribution < -0.4 is 18.9 Å². The van der Waals surface area contributed by atoms with Gasteiger partial charge in [0.2, 0.25) is 13.6 Å². The number of fused-ring (bicyclic) bond motifs is 6. The van der Waals surface area contributed by atoms with Gasteiger partial charge in [-0.25, -0.2) is 9.59 Å². The van der Waals surface area contributed by atoms with Crippen LogP contribution in [0.1, 0.15) is 54.9 Å². The van der Waals surface area contributed by atoms with Gasteiger partial charge in [0.1, 0.15) is 0 Å². The van der Waals surface area contributed by atoms with Crippen molar-refractivity contribution in [3.05, 3.63) is 68.9 Å². The number of carbonyl (C=O) groups is 3. The van der Waals surface area contributed by atoms with Crippen molar-refractivity contribution in [2.24, 2.45) is 0 Å². The minimum Gasteiger partial charge on any atom is -0.466 e. The number of benzene rings is 2. The first kappa shape index (κ1) is 34.5. The molecule has 0 radical (unpaired) electrons. The maximum Gasteiger partial charge on any atom is 0.336 e. The number of Topliss-reactive ketones (excluding diaryl/α,β-unsaturated/α-hetero) is 1. The highest BCUT2D eigenvalue weighted by atomic mass is 28.3. The lowest BCUT2D eigenvalue weighted by molar-refractivity contribution is -0.139. The van der Waals surface area contributed by atoms with Gasteiger partial charge in [0.15, 0.2) is 28.8 Å². The van der Waals surface area contributed by atoms with E-state index in [1.165, 1.54) is 36.6 Å². The summed E-state index contributed by atoms with van der Waals surface area (Å²) >= 11 is 0. The molecule has 0 aromatic heterocycles. The Morgan fingerprint density at radius 2 is 1.38 bits per heavy atom. The van der Waals surface area contributed by atoms with Crippen LogP contribution in [0.2, 0.25) is 19.6 Å². The number of nitrogens with zero attached hydrogens (tertiary/aromatic N) is 2. The monoisotopic (exact) mass is 726 g/mol. The Labute approximate surface area is 305 Å². The average molecular weight is 727 g/mol. The molecule has 7 aliphatic rings. The summed E-state index contributed by atoms with van der Waals surface area (Å²) in [7, 11) is 1.47. The smallest absolute Gasteiger partial charge is 0.336 e. The Hall–Kier alpha value is -4.55. The van der Waals surface area contributed by atoms with Crippen LogP contribution >= 0.6 is 0 Å². The Morgan fingerprint density at radius 1 is 0.788 bits per heavy atom. The standard InChI is InChI=1S/C22H23NO6.C18H23NO3Si/c1-12-4-6-22-18(12)14-9-17-16(28-11-29-17)8-13(14)5-7-23(22)10-15(20(24)26-2)19(22)21(25)27-3;1-23(2,3)10-19-7-6-12-8-16-17(22-11-21-16)9-13(12)18-14(19)4-5-15(18)20/h8-9H,4-7,10-11H2,1-3H3;8-9H,4-7,10-11H2,1-3H3. The largest absolute Gasteiger partial charge is 0.466 e. The molecule has 2 aromatic rings. The Balaban J connectivity index is 0.000000153. The number of rotatable bonds is 4. The highest BCUT2D eigenvalue weighted by Gasteiger charge is 2.58. The van der Waals surface area contributed by atoms with Gasteiger partial charge >= 0.3 is 11.9 Å². The van der Waals surface area contributed by atoms with Gasteiger partial charge < -0.3 is 33.3 Å². The molecule has 274 valence electrons. The summed E-state index contributed by atoms with van der Waals surface area (Å²) in [5.41, 5.74) is 9.16. The van der Waals surface area contributed by atoms with Crippen molar-refractivity contribution < 1.29 is 42.8 Å². The van der Waals surface area contributed by atoms with Gasteiger partial charge in [0.25, 0.3) is 0 Å². The van der Waals surface area contributed by atoms with E-state index in [1.807, 2.05) is 12.1 Å². The van der Waals surface area contributed by atoms with E-state index in [2.05, 4.69) is 48.5 Å². The third-order valence-corrected chi connectivity index (χ3v) is 12.7. The molecule has 12 heteroatoms. The van der Waals surface area contributed by atoms with E-state index in [9.17, 15) is 14.4 Å². The maximum atomic E-state index is 13.0. The minimum atomic E-state index is -1.24. The summed E-state index contributed by atoms with van der Waals surface area (Å²) < 4.78 is 32.4. The van der Waals surface area contributed by atoms with E-state index in [0.29, 0.717) is 36.4 Å². The van der Waals surface area contributed by atoms with E-state index < -0.39 is 25.6 Å². The van der Waals surface area contributed by atoms with Crippen LogP contribution in [0.3, 0.4) is 0 Å². The van der Waals surface area contributed by atoms with Crippen molar-refractivity contribution in [1.29, 1.82) is 0 Å². The summed E-state index contributed by atoms with van der Waals surface area (Å²) in [6.45, 7) is 11.8. The zero-order valence-corrected chi connectivity index (χ0v) is 31.9. The molecule has 0 bridgehead atoms. The molecule has 2 aliphatic carbocycles. The highest BCUT2D eigenvalue weighted by Crippen LogP contribution is 2.57. The first-order chi connectivity index (χ1) is 24.9. The maximum absolute atomic E-state index is 13.0. The lowest BCUT2D eigenvalue weighted by Crippen LogP contribution is -2.47. The first-order valence-electron chi connectivity index (χ1n) is 18.2. The number of ketones is 1. The van der Waals surface area contributed by atoms with Crippen LogP contribution in [0.5, 0.6) is 23.0 Å². The summed E-state index contributed by atoms with van der Waals surface area (Å²) in [6, 6.07) is 8.17. The summed E-state index contributed by atoms with van der Waals surface area (Å²) in [5.74, 6) is 2.41. The van der Waals surface area contributed by atoms with Crippen molar-refractivity contribution in [1.82, 2.24) is 9.80 Å². The molecule has 11 nitrogen and oxygen atoms in total. The van der Waals surface area contributed by atoms with E-state index in [1.54, 1.807) is 0 Å². The van der Waals surface area contributed by atoms with E-state index >= 15 is 0 Å². The van der Waals surface area contributed by atoms with Crippen molar-refractivity contribution in [3.8, 4) is 23.0 Å². The summed E-state index contributed by atoms with van der Waals surface area (Å²) in [6.07, 6.45) is 5.94. The molecule has 1 atom stereocenters. The van der Waals surface area contributed by atoms with Crippen LogP contribution in [0, 0.1) is 0 Å². The van der Waals surface area contributed by atoms with Crippen LogP contribution in [0.25, 0.3) is 11.1 Å². The molecule has 9 rings (SSSR count). The molecule has 52 heavy (non-hydrogen) atoms. The quantitative estimate of drug-likeness (QED) is 0.296. The molecule has 0 saturated heterocycles. The predicted octanol–water partition coefficient (Wildman–Crippen LogP) is 5.46. The van der Waals surface area contributed by atoms with Gasteiger partial charge in [-0.15, -0.1) is 0 Å². The van der Waals surface area contributed by atoms with Gasteiger partial charge in [-0.2, -0.15) is 0 Å². The molecule has 0 amide bonds. The number of methoxy groups -OCH3 is 2. The van der Waals surface area contributed by atoms with Crippen LogP contribution in [-0.4, -0.2) is 94.7 Å². The molecular weight excluding hydrogens is 681 g/mol. The van der Waals surface area contributed by atoms with E-state index in [-0.39, 0.29) is 19.4 Å². The number of allylic oxidation sites excluding steroid dienone is 3. The number of esters is 2. The second-order valence-electron chi connectivity index (χ2n) is 15.7. The number of hydrogen-bond acceptors (Lipinski definition) is 11. The lowest BCUT2D eigenvalue weighted by Gasteiger charge is -2.38. The third kappa shape index (κ3) is 5.53. The fourth-order valence-corrected chi connectivity index (χ4v) is 10.8. The Morgan fingerprint density at radius 3 is 2.02 bits per heavy atom. The number of ether oxygens (including phenoxy) is 6. The molecule has 0 fully saturated rings. The van der Waals surface area contributed by atoms with Crippen LogP contribution in [0.15, 0.2) is 46.7 Å². The van der Waals surface area contributed by atoms with Crippen molar-refractivity contribution in [2.45, 2.75) is 70.6 Å². The lowest BCUT2D eigenvalue weighted by atomic mass is 9.78. The number of hydrogen-bond donors (Lipinski definition) is 0. The SMILES string of the molecule is COC(=O)C1=C(C(=O)OC)C23CCC(C)=C2c2cc4c(cc2CCN3C1)OCO4.C[Si](C)(C)CN1CCc2cc3c(cc2C2=C1CCC2=O)OCO3. The Bertz CT molecular complexity index is 2010. The Kier molecular flexibility index (Phi) is 8.52. The fraction of sp³-hybridized carbons (Fsp3) is 0.475. The minimum absolute atomic E-state index is 0.216. The molecule has 5 aliphatic heterocycles. The summed E-state index contributed by atoms with van der Waals surface area (Å²) in [5, 5.41) is 0. The topological polar surface area (TPSA) is 113 Å². The van der Waals surface area contributed by atoms with E-state index in [0.717, 1.165) is 84.3 Å². The molecule has 0 N–H and O–H groups in total. The normalized spacial score (nSPS) is 22.6. The molecule has 1 spiro atoms. The van der Waals surface area contributed by atoms with Gasteiger partial charge in [0, 0.05) is 43.5 Å². The summed E-state index contributed by atoms with van der Waals surface area (Å²) in [4.78, 5) is 42.9. The number of carbonyl (C=O) groups excluding carboxylic acids is 3. The van der Waals surface area contributed by atoms with Gasteiger partial charge in [-0.05, 0) is 91.1 Å². The first-order valence-corrected chi connectivity index (χ1v) is 21.9. The average Bonchev–Trinajstić information content (AvgIpc) is 3.94. The van der Waals surface area contributed by atoms with Crippen LogP contribution in [-0.2, 0) is 36.7 Å². The molecule has 5 heterocycles. The predicted molar refractivity (Wildman–Crippen MR) is 196 cm³/mol. The second kappa shape index (κ2) is 12.8. The van der Waals surface area contributed by atoms with E-state index in [4.69, 9.17) is 28.4 Å². The zero-order valence-electron chi connectivity index (χ0n) is 30.9. The molecular formula is C40H46N2O9Si. The van der Waals surface area contributed by atoms with Gasteiger partial charge in [0.05, 0.1) is 39.0 Å². The highest BCUT2D eigenvalue weighted by molar-refractivity contribution is 6.76. The zero-order chi connectivity index (χ0) is 36.5. The fourth-order valence-electron chi connectivity index (χ4n) is 9.26. The molecule has 1 unspecified atom stereocenters. The van der Waals surface area contributed by atoms with Crippen LogP contribution in [0.4, 0.5) is 0 Å². The third-order valence-electron chi connectivity index (χ3n) is 11.4. The van der Waals surface area contributed by atoms with Crippen molar-refractivity contribution in [2.75, 3.05) is 53.6 Å².